The molecule has 1 spiro atoms. The molecule has 13 heteroatoms. The Morgan fingerprint density at radius 3 is 2.50 bits per heavy atom. The first-order valence-electron chi connectivity index (χ1n) is 13.9. The van der Waals surface area contributed by atoms with E-state index in [1.54, 1.807) is 18.5 Å². The van der Waals surface area contributed by atoms with Gasteiger partial charge in [0, 0.05) is 31.9 Å². The van der Waals surface area contributed by atoms with Crippen molar-refractivity contribution in [3.63, 3.8) is 0 Å². The molecule has 0 atom stereocenters. The molecule has 3 heterocycles. The zero-order chi connectivity index (χ0) is 29.7. The molecule has 224 valence electrons. The summed E-state index contributed by atoms with van der Waals surface area (Å²) in [4.78, 5) is 24.4. The Bertz CT molecular complexity index is 1430. The van der Waals surface area contributed by atoms with Crippen molar-refractivity contribution in [2.24, 2.45) is 5.41 Å². The van der Waals surface area contributed by atoms with Gasteiger partial charge in [-0.3, -0.25) is 14.0 Å². The predicted molar refractivity (Wildman–Crippen MR) is 168 cm³/mol. The van der Waals surface area contributed by atoms with E-state index in [0.29, 0.717) is 33.6 Å². The van der Waals surface area contributed by atoms with Gasteiger partial charge in [0.05, 0.1) is 36.9 Å². The number of anilines is 6. The number of ether oxygens (including phenoxy) is 1. The van der Waals surface area contributed by atoms with Crippen LogP contribution in [-0.2, 0) is 16.6 Å². The van der Waals surface area contributed by atoms with Gasteiger partial charge < -0.3 is 25.4 Å². The van der Waals surface area contributed by atoms with Crippen LogP contribution in [0.1, 0.15) is 25.7 Å². The molecule has 5 rings (SSSR count). The first-order chi connectivity index (χ1) is 20.3. The third kappa shape index (κ3) is 6.88. The number of carboxylic acid groups (broad SMARTS) is 1. The second-order valence-electron chi connectivity index (χ2n) is 10.8. The summed E-state index contributed by atoms with van der Waals surface area (Å²) in [7, 11) is 3.35. The van der Waals surface area contributed by atoms with Gasteiger partial charge in [0.15, 0.2) is 5.82 Å². The van der Waals surface area contributed by atoms with Crippen LogP contribution in [0.5, 0.6) is 5.75 Å². The molecule has 1 aromatic heterocycles. The van der Waals surface area contributed by atoms with Crippen molar-refractivity contribution in [1.29, 1.82) is 0 Å². The molecule has 42 heavy (non-hydrogen) atoms. The van der Waals surface area contributed by atoms with Crippen molar-refractivity contribution in [3.05, 3.63) is 53.7 Å². The molecule has 2 aliphatic heterocycles. The maximum absolute atomic E-state index is 11.4. The SMILES string of the molecule is COc1cc(N2CCC3(CCN(CC(=O)O)CC3)CC2)ccc1Nc1ncc(Cl)c(Nc2ccccc2N(C)[SH]=O)n1. The summed E-state index contributed by atoms with van der Waals surface area (Å²) in [6, 6.07) is 13.5. The number of piperidine rings is 2. The maximum atomic E-state index is 11.4. The molecular formula is C29H36ClN7O4S. The topological polar surface area (TPSA) is 123 Å². The molecule has 2 aliphatic rings. The number of nitrogens with one attached hydrogen (secondary N) is 2. The molecule has 0 bridgehead atoms. The number of hydrogen-bond donors (Lipinski definition) is 4. The molecule has 0 saturated carbocycles. The van der Waals surface area contributed by atoms with Gasteiger partial charge in [-0.2, -0.15) is 4.98 Å². The molecule has 2 aromatic carbocycles. The highest BCUT2D eigenvalue weighted by Crippen LogP contribution is 2.43. The van der Waals surface area contributed by atoms with Crippen molar-refractivity contribution in [2.45, 2.75) is 25.7 Å². The highest BCUT2D eigenvalue weighted by molar-refractivity contribution is 7.67. The Morgan fingerprint density at radius 2 is 1.81 bits per heavy atom. The number of thiol groups is 1. The Kier molecular flexibility index (Phi) is 9.34. The van der Waals surface area contributed by atoms with E-state index in [4.69, 9.17) is 21.4 Å². The van der Waals surface area contributed by atoms with E-state index in [9.17, 15) is 9.00 Å². The monoisotopic (exact) mass is 613 g/mol. The quantitative estimate of drug-likeness (QED) is 0.240. The Labute approximate surface area is 254 Å². The van der Waals surface area contributed by atoms with Crippen LogP contribution in [0.3, 0.4) is 0 Å². The van der Waals surface area contributed by atoms with Gasteiger partial charge in [0.2, 0.25) is 5.95 Å². The van der Waals surface area contributed by atoms with Crippen LogP contribution in [0.4, 0.5) is 34.5 Å². The van der Waals surface area contributed by atoms with Gasteiger partial charge in [-0.05, 0) is 68.5 Å². The maximum Gasteiger partial charge on any atom is 0.317 e. The van der Waals surface area contributed by atoms with E-state index in [1.807, 2.05) is 41.3 Å². The van der Waals surface area contributed by atoms with E-state index in [-0.39, 0.29) is 18.4 Å². The number of likely N-dealkylation sites (tertiary alicyclic amines) is 1. The molecule has 2 fully saturated rings. The smallest absolute Gasteiger partial charge is 0.317 e. The average molecular weight is 614 g/mol. The lowest BCUT2D eigenvalue weighted by molar-refractivity contribution is -0.139. The number of nitrogens with zero attached hydrogens (tertiary/aromatic N) is 5. The first-order valence-corrected chi connectivity index (χ1v) is 15.0. The van der Waals surface area contributed by atoms with Crippen LogP contribution < -0.4 is 24.6 Å². The molecule has 0 aliphatic carbocycles. The van der Waals surface area contributed by atoms with Crippen molar-refractivity contribution in [1.82, 2.24) is 14.9 Å². The number of rotatable bonds is 10. The number of halogens is 1. The lowest BCUT2D eigenvalue weighted by Crippen LogP contribution is -2.47. The van der Waals surface area contributed by atoms with Crippen molar-refractivity contribution in [3.8, 4) is 5.75 Å². The number of carbonyl (C=O) groups is 1. The first kappa shape index (κ1) is 29.9. The van der Waals surface area contributed by atoms with Gasteiger partial charge in [0.25, 0.3) is 0 Å². The summed E-state index contributed by atoms with van der Waals surface area (Å²) in [6.07, 6.45) is 5.82. The van der Waals surface area contributed by atoms with Crippen LogP contribution in [0.15, 0.2) is 48.7 Å². The molecule has 0 unspecified atom stereocenters. The zero-order valence-electron chi connectivity index (χ0n) is 23.7. The van der Waals surface area contributed by atoms with E-state index in [1.165, 1.54) is 6.20 Å². The highest BCUT2D eigenvalue weighted by Gasteiger charge is 2.38. The number of carboxylic acids is 1. The van der Waals surface area contributed by atoms with Crippen molar-refractivity contribution in [2.75, 3.05) is 66.7 Å². The number of aliphatic carboxylic acids is 1. The van der Waals surface area contributed by atoms with E-state index >= 15 is 0 Å². The van der Waals surface area contributed by atoms with Gasteiger partial charge in [-0.1, -0.05) is 23.7 Å². The van der Waals surface area contributed by atoms with E-state index in [2.05, 4.69) is 31.6 Å². The number of methoxy groups -OCH3 is 1. The van der Waals surface area contributed by atoms with Gasteiger partial charge in [-0.15, -0.1) is 0 Å². The Hall–Kier alpha value is -3.61. The standard InChI is InChI=1S/C29H36ClN7O4S/c1-35(42-40)24-6-4-3-5-22(24)32-27-21(30)18-31-28(34-27)33-23-8-7-20(17-25(23)41-2)37-15-11-29(12-16-37)9-13-36(14-10-29)19-26(38)39/h3-8,17-18,42H,9-16,19H2,1-2H3,(H,38,39)(H2,31,32,33,34). The molecule has 0 radical (unpaired) electrons. The van der Waals surface area contributed by atoms with E-state index < -0.39 is 5.97 Å². The lowest BCUT2D eigenvalue weighted by Gasteiger charge is -2.47. The van der Waals surface area contributed by atoms with Crippen LogP contribution in [0.2, 0.25) is 5.02 Å². The lowest BCUT2D eigenvalue weighted by atomic mass is 9.71. The number of hydrogen-bond acceptors (Lipinski definition) is 9. The second kappa shape index (κ2) is 13.1. The summed E-state index contributed by atoms with van der Waals surface area (Å²) in [5.74, 6) is 0.668. The largest absolute Gasteiger partial charge is 0.494 e. The summed E-state index contributed by atoms with van der Waals surface area (Å²) in [6.45, 7) is 3.75. The van der Waals surface area contributed by atoms with Crippen molar-refractivity contribution < 1.29 is 18.8 Å². The highest BCUT2D eigenvalue weighted by atomic mass is 35.5. The molecular weight excluding hydrogens is 578 g/mol. The number of aromatic nitrogens is 2. The molecule has 2 saturated heterocycles. The van der Waals surface area contributed by atoms with Crippen LogP contribution in [0, 0.1) is 5.41 Å². The molecule has 11 nitrogen and oxygen atoms in total. The van der Waals surface area contributed by atoms with Gasteiger partial charge in [-0.25, -0.2) is 9.19 Å². The number of para-hydroxylation sites is 2. The normalized spacial score (nSPS) is 16.7. The summed E-state index contributed by atoms with van der Waals surface area (Å²) in [5, 5.41) is 15.9. The van der Waals surface area contributed by atoms with Gasteiger partial charge >= 0.3 is 5.97 Å². The average Bonchev–Trinajstić information content (AvgIpc) is 3.00. The van der Waals surface area contributed by atoms with Crippen LogP contribution in [0.25, 0.3) is 0 Å². The zero-order valence-corrected chi connectivity index (χ0v) is 25.4. The minimum absolute atomic E-state index is 0.134. The third-order valence-electron chi connectivity index (χ3n) is 8.27. The minimum Gasteiger partial charge on any atom is -0.494 e. The molecule has 0 amide bonds. The molecule has 3 N–H and O–H groups in total. The van der Waals surface area contributed by atoms with Gasteiger partial charge in [0.1, 0.15) is 22.6 Å². The Balaban J connectivity index is 1.25. The minimum atomic E-state index is -0.752. The third-order valence-corrected chi connectivity index (χ3v) is 9.01. The fourth-order valence-electron chi connectivity index (χ4n) is 5.76. The van der Waals surface area contributed by atoms with Crippen LogP contribution >= 0.6 is 11.6 Å². The summed E-state index contributed by atoms with van der Waals surface area (Å²) in [5.41, 5.74) is 3.54. The fraction of sp³-hybridized carbons (Fsp3) is 0.414. The molecule has 3 aromatic rings. The summed E-state index contributed by atoms with van der Waals surface area (Å²) < 4.78 is 18.7. The number of benzene rings is 2. The summed E-state index contributed by atoms with van der Waals surface area (Å²) >= 11 is 6.28. The second-order valence-corrected chi connectivity index (χ2v) is 12.0. The fourth-order valence-corrected chi connectivity index (χ4v) is 6.17. The van der Waals surface area contributed by atoms with E-state index in [0.717, 1.165) is 68.9 Å². The van der Waals surface area contributed by atoms with Crippen molar-refractivity contribution >= 4 is 63.9 Å². The Morgan fingerprint density at radius 1 is 1.10 bits per heavy atom. The predicted octanol–water partition coefficient (Wildman–Crippen LogP) is 4.69. The van der Waals surface area contributed by atoms with Crippen LogP contribution in [-0.4, -0.2) is 77.0 Å².